The van der Waals surface area contributed by atoms with Crippen LogP contribution in [-0.4, -0.2) is 15.3 Å². The van der Waals surface area contributed by atoms with Crippen molar-refractivity contribution in [2.45, 2.75) is 20.3 Å². The van der Waals surface area contributed by atoms with Gasteiger partial charge in [0.2, 0.25) is 0 Å². The van der Waals surface area contributed by atoms with Gasteiger partial charge in [-0.3, -0.25) is 9.20 Å². The number of aryl methyl sites for hydroxylation is 2. The first-order chi connectivity index (χ1) is 10.6. The number of rotatable bonds is 3. The minimum atomic E-state index is -0.138. The number of carbonyl (C=O) groups is 1. The number of halogens is 1. The molecular weight excluding hydrogens is 342 g/mol. The minimum Gasteiger partial charge on any atom is -0.320 e. The van der Waals surface area contributed by atoms with Crippen LogP contribution in [-0.2, 0) is 6.42 Å². The number of benzene rings is 1. The first-order valence-corrected chi connectivity index (χ1v) is 7.93. The molecule has 3 rings (SSSR count). The molecule has 0 fully saturated rings. The third-order valence-electron chi connectivity index (χ3n) is 3.59. The number of carbonyl (C=O) groups excluding carboxylic acids is 1. The zero-order valence-electron chi connectivity index (χ0n) is 12.4. The predicted octanol–water partition coefficient (Wildman–Crippen LogP) is 4.22. The lowest BCUT2D eigenvalue weighted by atomic mass is 10.2. The molecule has 1 amide bonds. The second-order valence-electron chi connectivity index (χ2n) is 5.10. The fourth-order valence-electron chi connectivity index (χ4n) is 2.48. The SMILES string of the molecule is CCc1nc2ccccn2c1C(=O)Nc1ccc(Br)cc1C. The standard InChI is InChI=1S/C17H16BrN3O/c1-3-13-16(21-9-5-4-6-15(21)19-13)17(22)20-14-8-7-12(18)10-11(14)2/h4-10H,3H2,1-2H3,(H,20,22). The van der Waals surface area contributed by atoms with Crippen LogP contribution in [0.4, 0.5) is 5.69 Å². The van der Waals surface area contributed by atoms with Crippen molar-refractivity contribution in [3.63, 3.8) is 0 Å². The van der Waals surface area contributed by atoms with Crippen molar-refractivity contribution < 1.29 is 4.79 Å². The molecule has 3 aromatic rings. The lowest BCUT2D eigenvalue weighted by molar-refractivity contribution is 0.102. The van der Waals surface area contributed by atoms with E-state index in [4.69, 9.17) is 0 Å². The fourth-order valence-corrected chi connectivity index (χ4v) is 2.96. The van der Waals surface area contributed by atoms with Gasteiger partial charge in [-0.25, -0.2) is 4.98 Å². The van der Waals surface area contributed by atoms with Gasteiger partial charge < -0.3 is 5.32 Å². The summed E-state index contributed by atoms with van der Waals surface area (Å²) >= 11 is 3.43. The molecule has 0 spiro atoms. The molecule has 112 valence electrons. The molecule has 2 aromatic heterocycles. The summed E-state index contributed by atoms with van der Waals surface area (Å²) in [6, 6.07) is 11.5. The summed E-state index contributed by atoms with van der Waals surface area (Å²) in [5.74, 6) is -0.138. The van der Waals surface area contributed by atoms with E-state index in [2.05, 4.69) is 26.2 Å². The monoisotopic (exact) mass is 357 g/mol. The molecular formula is C17H16BrN3O. The molecule has 22 heavy (non-hydrogen) atoms. The van der Waals surface area contributed by atoms with Crippen molar-refractivity contribution in [2.24, 2.45) is 0 Å². The second-order valence-corrected chi connectivity index (χ2v) is 6.02. The number of imidazole rings is 1. The fraction of sp³-hybridized carbons (Fsp3) is 0.176. The normalized spacial score (nSPS) is 10.9. The van der Waals surface area contributed by atoms with E-state index < -0.39 is 0 Å². The van der Waals surface area contributed by atoms with Gasteiger partial charge in [-0.1, -0.05) is 28.9 Å². The number of hydrogen-bond donors (Lipinski definition) is 1. The Morgan fingerprint density at radius 1 is 1.32 bits per heavy atom. The van der Waals surface area contributed by atoms with Gasteiger partial charge in [-0.2, -0.15) is 0 Å². The van der Waals surface area contributed by atoms with Crippen LogP contribution in [0.15, 0.2) is 47.1 Å². The summed E-state index contributed by atoms with van der Waals surface area (Å²) in [5.41, 5.74) is 4.01. The first kappa shape index (κ1) is 14.8. The van der Waals surface area contributed by atoms with Gasteiger partial charge in [0.05, 0.1) is 5.69 Å². The molecule has 0 radical (unpaired) electrons. The predicted molar refractivity (Wildman–Crippen MR) is 91.4 cm³/mol. The highest BCUT2D eigenvalue weighted by Gasteiger charge is 2.18. The number of pyridine rings is 1. The third-order valence-corrected chi connectivity index (χ3v) is 4.08. The van der Waals surface area contributed by atoms with Gasteiger partial charge >= 0.3 is 0 Å². The Bertz CT molecular complexity index is 854. The molecule has 0 unspecified atom stereocenters. The lowest BCUT2D eigenvalue weighted by Gasteiger charge is -2.09. The summed E-state index contributed by atoms with van der Waals surface area (Å²) in [7, 11) is 0. The van der Waals surface area contributed by atoms with Crippen LogP contribution in [0.25, 0.3) is 5.65 Å². The average molecular weight is 358 g/mol. The summed E-state index contributed by atoms with van der Waals surface area (Å²) in [6.07, 6.45) is 2.58. The van der Waals surface area contributed by atoms with Crippen molar-refractivity contribution >= 4 is 33.2 Å². The van der Waals surface area contributed by atoms with Crippen LogP contribution in [0.5, 0.6) is 0 Å². The van der Waals surface area contributed by atoms with Gasteiger partial charge in [-0.05, 0) is 49.2 Å². The summed E-state index contributed by atoms with van der Waals surface area (Å²) in [5, 5.41) is 2.99. The van der Waals surface area contributed by atoms with E-state index in [1.807, 2.05) is 60.8 Å². The Labute approximate surface area is 137 Å². The highest BCUT2D eigenvalue weighted by Crippen LogP contribution is 2.22. The van der Waals surface area contributed by atoms with Crippen LogP contribution in [0.2, 0.25) is 0 Å². The van der Waals surface area contributed by atoms with E-state index in [1.54, 1.807) is 0 Å². The molecule has 0 bridgehead atoms. The Morgan fingerprint density at radius 2 is 2.14 bits per heavy atom. The molecule has 0 atom stereocenters. The Hall–Kier alpha value is -2.14. The maximum absolute atomic E-state index is 12.7. The van der Waals surface area contributed by atoms with Crippen molar-refractivity contribution in [2.75, 3.05) is 5.32 Å². The summed E-state index contributed by atoms with van der Waals surface area (Å²) < 4.78 is 2.83. The van der Waals surface area contributed by atoms with Crippen molar-refractivity contribution in [1.82, 2.24) is 9.38 Å². The highest BCUT2D eigenvalue weighted by atomic mass is 79.9. The van der Waals surface area contributed by atoms with E-state index in [-0.39, 0.29) is 5.91 Å². The third kappa shape index (κ3) is 2.64. The van der Waals surface area contributed by atoms with Gasteiger partial charge in [0, 0.05) is 16.4 Å². The second kappa shape index (κ2) is 5.93. The molecule has 4 nitrogen and oxygen atoms in total. The Balaban J connectivity index is 2.01. The van der Waals surface area contributed by atoms with Crippen LogP contribution in [0.3, 0.4) is 0 Å². The smallest absolute Gasteiger partial charge is 0.274 e. The number of fused-ring (bicyclic) bond motifs is 1. The zero-order chi connectivity index (χ0) is 15.7. The maximum atomic E-state index is 12.7. The number of anilines is 1. The topological polar surface area (TPSA) is 46.4 Å². The van der Waals surface area contributed by atoms with E-state index in [9.17, 15) is 4.79 Å². The van der Waals surface area contributed by atoms with Gasteiger partial charge in [0.25, 0.3) is 5.91 Å². The minimum absolute atomic E-state index is 0.138. The van der Waals surface area contributed by atoms with Crippen LogP contribution >= 0.6 is 15.9 Å². The highest BCUT2D eigenvalue weighted by molar-refractivity contribution is 9.10. The largest absolute Gasteiger partial charge is 0.320 e. The molecule has 0 aliphatic carbocycles. The van der Waals surface area contributed by atoms with Crippen LogP contribution < -0.4 is 5.32 Å². The molecule has 0 saturated heterocycles. The van der Waals surface area contributed by atoms with E-state index in [1.165, 1.54) is 0 Å². The lowest BCUT2D eigenvalue weighted by Crippen LogP contribution is -2.16. The van der Waals surface area contributed by atoms with Crippen molar-refractivity contribution in [3.05, 3.63) is 64.0 Å². The van der Waals surface area contributed by atoms with E-state index in [0.717, 1.165) is 27.1 Å². The first-order valence-electron chi connectivity index (χ1n) is 7.13. The summed E-state index contributed by atoms with van der Waals surface area (Å²) in [6.45, 7) is 3.97. The van der Waals surface area contributed by atoms with Crippen LogP contribution in [0.1, 0.15) is 28.7 Å². The maximum Gasteiger partial charge on any atom is 0.274 e. The average Bonchev–Trinajstić information content (AvgIpc) is 2.88. The Kier molecular flexibility index (Phi) is 3.98. The van der Waals surface area contributed by atoms with Gasteiger partial charge in [0.15, 0.2) is 0 Å². The number of aromatic nitrogens is 2. The summed E-state index contributed by atoms with van der Waals surface area (Å²) in [4.78, 5) is 17.2. The van der Waals surface area contributed by atoms with E-state index >= 15 is 0 Å². The van der Waals surface area contributed by atoms with Crippen LogP contribution in [0, 0.1) is 6.92 Å². The number of nitrogens with one attached hydrogen (secondary N) is 1. The molecule has 1 N–H and O–H groups in total. The van der Waals surface area contributed by atoms with Gasteiger partial charge in [0.1, 0.15) is 11.3 Å². The number of hydrogen-bond acceptors (Lipinski definition) is 2. The molecule has 0 saturated carbocycles. The molecule has 0 aliphatic heterocycles. The molecule has 0 aliphatic rings. The zero-order valence-corrected chi connectivity index (χ0v) is 14.0. The molecule has 1 aromatic carbocycles. The number of nitrogens with zero attached hydrogens (tertiary/aromatic N) is 2. The number of amides is 1. The molecule has 2 heterocycles. The van der Waals surface area contributed by atoms with Gasteiger partial charge in [-0.15, -0.1) is 0 Å². The Morgan fingerprint density at radius 3 is 2.86 bits per heavy atom. The van der Waals surface area contributed by atoms with E-state index in [0.29, 0.717) is 12.1 Å². The molecule has 5 heteroatoms. The van der Waals surface area contributed by atoms with Crippen molar-refractivity contribution in [3.8, 4) is 0 Å². The van der Waals surface area contributed by atoms with Crippen molar-refractivity contribution in [1.29, 1.82) is 0 Å². The quantitative estimate of drug-likeness (QED) is 0.762.